The van der Waals surface area contributed by atoms with Gasteiger partial charge in [-0.1, -0.05) is 20.8 Å². The second-order valence-electron chi connectivity index (χ2n) is 4.90. The Kier molecular flexibility index (Phi) is 4.14. The van der Waals surface area contributed by atoms with Crippen molar-refractivity contribution in [1.29, 1.82) is 0 Å². The molecule has 0 unspecified atom stereocenters. The molecule has 2 rings (SSSR count). The summed E-state index contributed by atoms with van der Waals surface area (Å²) < 4.78 is 1.98. The van der Waals surface area contributed by atoms with Crippen molar-refractivity contribution in [2.24, 2.45) is 0 Å². The molecule has 2 aromatic rings. The summed E-state index contributed by atoms with van der Waals surface area (Å²) in [7, 11) is 0. The number of hydrogen-bond acceptors (Lipinski definition) is 4. The van der Waals surface area contributed by atoms with Gasteiger partial charge in [-0.2, -0.15) is 0 Å². The molecular weight excluding hydrogens is 238 g/mol. The fraction of sp³-hybridized carbons (Fsp3) is 0.500. The molecule has 0 aliphatic carbocycles. The second-order valence-corrected chi connectivity index (χ2v) is 4.90. The van der Waals surface area contributed by atoms with Gasteiger partial charge in [0.2, 0.25) is 0 Å². The molecule has 5 heteroatoms. The highest BCUT2D eigenvalue weighted by molar-refractivity contribution is 5.42. The lowest BCUT2D eigenvalue weighted by Gasteiger charge is -2.12. The Morgan fingerprint density at radius 2 is 2.11 bits per heavy atom. The van der Waals surface area contributed by atoms with Crippen LogP contribution in [0.25, 0.3) is 5.82 Å². The highest BCUT2D eigenvalue weighted by Crippen LogP contribution is 2.17. The third-order valence-corrected chi connectivity index (χ3v) is 2.88. The predicted molar refractivity (Wildman–Crippen MR) is 76.8 cm³/mol. The first kappa shape index (κ1) is 13.5. The molecule has 0 aliphatic heterocycles. The molecule has 0 bridgehead atoms. The highest BCUT2D eigenvalue weighted by atomic mass is 15.1. The zero-order chi connectivity index (χ0) is 13.8. The molecule has 2 heterocycles. The molecule has 0 saturated carbocycles. The molecule has 5 nitrogen and oxygen atoms in total. The van der Waals surface area contributed by atoms with E-state index in [0.717, 1.165) is 36.3 Å². The fourth-order valence-electron chi connectivity index (χ4n) is 1.80. The van der Waals surface area contributed by atoms with Crippen molar-refractivity contribution in [2.45, 2.75) is 40.0 Å². The number of aromatic nitrogens is 4. The van der Waals surface area contributed by atoms with Gasteiger partial charge in [0, 0.05) is 30.9 Å². The van der Waals surface area contributed by atoms with E-state index in [1.165, 1.54) is 0 Å². The van der Waals surface area contributed by atoms with Gasteiger partial charge in [-0.25, -0.2) is 15.0 Å². The maximum absolute atomic E-state index is 4.62. The van der Waals surface area contributed by atoms with Crippen molar-refractivity contribution in [2.75, 3.05) is 11.9 Å². The Morgan fingerprint density at radius 3 is 2.68 bits per heavy atom. The maximum Gasteiger partial charge on any atom is 0.143 e. The monoisotopic (exact) mass is 259 g/mol. The molecule has 0 saturated heterocycles. The van der Waals surface area contributed by atoms with Crippen LogP contribution < -0.4 is 5.32 Å². The van der Waals surface area contributed by atoms with Gasteiger partial charge in [0.1, 0.15) is 23.3 Å². The maximum atomic E-state index is 4.62. The van der Waals surface area contributed by atoms with Crippen LogP contribution in [0.5, 0.6) is 0 Å². The number of aryl methyl sites for hydroxylation is 1. The van der Waals surface area contributed by atoms with E-state index in [9.17, 15) is 0 Å². The summed E-state index contributed by atoms with van der Waals surface area (Å²) in [5.74, 6) is 3.82. The molecule has 0 fully saturated rings. The molecule has 19 heavy (non-hydrogen) atoms. The minimum atomic E-state index is 0.297. The lowest BCUT2D eigenvalue weighted by molar-refractivity contribution is 0.758. The summed E-state index contributed by atoms with van der Waals surface area (Å²) in [5, 5.41) is 3.33. The largest absolute Gasteiger partial charge is 0.370 e. The second kappa shape index (κ2) is 5.82. The first-order chi connectivity index (χ1) is 9.11. The number of imidazole rings is 1. The van der Waals surface area contributed by atoms with Crippen LogP contribution >= 0.6 is 0 Å². The number of anilines is 1. The Bertz CT molecular complexity index is 545. The zero-order valence-corrected chi connectivity index (χ0v) is 12.0. The fourth-order valence-corrected chi connectivity index (χ4v) is 1.80. The van der Waals surface area contributed by atoms with E-state index in [4.69, 9.17) is 0 Å². The normalized spacial score (nSPS) is 11.0. The van der Waals surface area contributed by atoms with E-state index in [0.29, 0.717) is 5.92 Å². The molecule has 2 aromatic heterocycles. The molecular formula is C14H21N5. The van der Waals surface area contributed by atoms with Crippen LogP contribution in [0.15, 0.2) is 18.5 Å². The Hall–Kier alpha value is -1.91. The van der Waals surface area contributed by atoms with Crippen molar-refractivity contribution < 1.29 is 0 Å². The Balaban J connectivity index is 2.42. The van der Waals surface area contributed by atoms with E-state index >= 15 is 0 Å². The molecule has 102 valence electrons. The summed E-state index contributed by atoms with van der Waals surface area (Å²) in [6.07, 6.45) is 4.78. The lowest BCUT2D eigenvalue weighted by atomic mass is 10.2. The van der Waals surface area contributed by atoms with Crippen LogP contribution in [0.2, 0.25) is 0 Å². The summed E-state index contributed by atoms with van der Waals surface area (Å²) in [5.41, 5.74) is 0. The SMILES string of the molecule is CCCNc1cc(-n2ccnc2C)nc(C(C)C)n1. The smallest absolute Gasteiger partial charge is 0.143 e. The van der Waals surface area contributed by atoms with Crippen molar-refractivity contribution in [1.82, 2.24) is 19.5 Å². The van der Waals surface area contributed by atoms with Crippen LogP contribution in [0.3, 0.4) is 0 Å². The Labute approximate surface area is 114 Å². The molecule has 1 N–H and O–H groups in total. The Morgan fingerprint density at radius 1 is 1.32 bits per heavy atom. The van der Waals surface area contributed by atoms with Crippen molar-refractivity contribution in [3.05, 3.63) is 30.1 Å². The summed E-state index contributed by atoms with van der Waals surface area (Å²) in [6, 6.07) is 1.97. The molecule has 0 atom stereocenters. The van der Waals surface area contributed by atoms with Crippen molar-refractivity contribution >= 4 is 5.82 Å². The highest BCUT2D eigenvalue weighted by Gasteiger charge is 2.10. The van der Waals surface area contributed by atoms with E-state index in [-0.39, 0.29) is 0 Å². The van der Waals surface area contributed by atoms with Gasteiger partial charge in [-0.05, 0) is 13.3 Å². The standard InChI is InChI=1S/C14H21N5/c1-5-6-16-12-9-13(18-14(17-12)10(2)3)19-8-7-15-11(19)4/h7-10H,5-6H2,1-4H3,(H,16,17,18). The average molecular weight is 259 g/mol. The predicted octanol–water partition coefficient (Wildman–Crippen LogP) is 2.92. The quantitative estimate of drug-likeness (QED) is 0.897. The number of nitrogens with zero attached hydrogens (tertiary/aromatic N) is 4. The van der Waals surface area contributed by atoms with Crippen LogP contribution in [0, 0.1) is 6.92 Å². The van der Waals surface area contributed by atoms with Gasteiger partial charge in [-0.3, -0.25) is 4.57 Å². The molecule has 0 aromatic carbocycles. The third kappa shape index (κ3) is 3.10. The van der Waals surface area contributed by atoms with Crippen molar-refractivity contribution in [3.8, 4) is 5.82 Å². The van der Waals surface area contributed by atoms with Gasteiger partial charge < -0.3 is 5.32 Å². The third-order valence-electron chi connectivity index (χ3n) is 2.88. The topological polar surface area (TPSA) is 55.6 Å². The van der Waals surface area contributed by atoms with Crippen LogP contribution in [0.4, 0.5) is 5.82 Å². The van der Waals surface area contributed by atoms with E-state index in [1.807, 2.05) is 23.8 Å². The van der Waals surface area contributed by atoms with Crippen LogP contribution in [0.1, 0.15) is 44.8 Å². The van der Waals surface area contributed by atoms with Gasteiger partial charge in [0.15, 0.2) is 0 Å². The van der Waals surface area contributed by atoms with Gasteiger partial charge in [0.25, 0.3) is 0 Å². The number of nitrogens with one attached hydrogen (secondary N) is 1. The first-order valence-corrected chi connectivity index (χ1v) is 6.75. The zero-order valence-electron chi connectivity index (χ0n) is 12.0. The molecule has 0 aliphatic rings. The van der Waals surface area contributed by atoms with E-state index < -0.39 is 0 Å². The summed E-state index contributed by atoms with van der Waals surface area (Å²) >= 11 is 0. The molecule has 0 amide bonds. The van der Waals surface area contributed by atoms with Gasteiger partial charge >= 0.3 is 0 Å². The van der Waals surface area contributed by atoms with Crippen LogP contribution in [-0.4, -0.2) is 26.1 Å². The van der Waals surface area contributed by atoms with E-state index in [1.54, 1.807) is 6.20 Å². The number of rotatable bonds is 5. The van der Waals surface area contributed by atoms with E-state index in [2.05, 4.69) is 41.0 Å². The first-order valence-electron chi connectivity index (χ1n) is 6.75. The lowest BCUT2D eigenvalue weighted by Crippen LogP contribution is -2.10. The average Bonchev–Trinajstić information content (AvgIpc) is 2.82. The summed E-state index contributed by atoms with van der Waals surface area (Å²) in [6.45, 7) is 9.22. The summed E-state index contributed by atoms with van der Waals surface area (Å²) in [4.78, 5) is 13.4. The molecule has 0 radical (unpaired) electrons. The minimum Gasteiger partial charge on any atom is -0.370 e. The number of hydrogen-bond donors (Lipinski definition) is 1. The van der Waals surface area contributed by atoms with Gasteiger partial charge in [0.05, 0.1) is 0 Å². The minimum absolute atomic E-state index is 0.297. The van der Waals surface area contributed by atoms with Crippen molar-refractivity contribution in [3.63, 3.8) is 0 Å². The molecule has 0 spiro atoms. The van der Waals surface area contributed by atoms with Gasteiger partial charge in [-0.15, -0.1) is 0 Å². The van der Waals surface area contributed by atoms with Crippen LogP contribution in [-0.2, 0) is 0 Å².